The summed E-state index contributed by atoms with van der Waals surface area (Å²) in [7, 11) is 0. The maximum Gasteiger partial charge on any atom is 0.311 e. The van der Waals surface area contributed by atoms with Gasteiger partial charge in [-0.25, -0.2) is 0 Å². The Morgan fingerprint density at radius 1 is 1.24 bits per heavy atom. The molecule has 0 unspecified atom stereocenters. The molecule has 2 N–H and O–H groups in total. The number of halogens is 1. The third-order valence-electron chi connectivity index (χ3n) is 4.22. The smallest absolute Gasteiger partial charge is 0.311 e. The quantitative estimate of drug-likeness (QED) is 0.849. The number of carbonyl (C=O) groups is 2. The average molecular weight is 310 g/mol. The normalized spacial score (nSPS) is 16.6. The van der Waals surface area contributed by atoms with E-state index in [4.69, 9.17) is 11.6 Å². The third kappa shape index (κ3) is 3.97. The summed E-state index contributed by atoms with van der Waals surface area (Å²) in [6.07, 6.45) is 4.01. The Morgan fingerprint density at radius 3 is 2.52 bits per heavy atom. The van der Waals surface area contributed by atoms with Crippen molar-refractivity contribution in [3.8, 4) is 0 Å². The van der Waals surface area contributed by atoms with Gasteiger partial charge in [-0.05, 0) is 30.9 Å². The van der Waals surface area contributed by atoms with E-state index >= 15 is 0 Å². The van der Waals surface area contributed by atoms with E-state index in [2.05, 4.69) is 5.32 Å². The van der Waals surface area contributed by atoms with Gasteiger partial charge in [0.05, 0.1) is 5.41 Å². The van der Waals surface area contributed by atoms with Crippen LogP contribution in [0.1, 0.15) is 37.7 Å². The Kier molecular flexibility index (Phi) is 5.23. The zero-order chi connectivity index (χ0) is 15.3. The highest BCUT2D eigenvalue weighted by Crippen LogP contribution is 2.37. The fourth-order valence-electron chi connectivity index (χ4n) is 2.82. The second-order valence-corrected chi connectivity index (χ2v) is 6.07. The number of aliphatic carboxylic acids is 1. The van der Waals surface area contributed by atoms with Gasteiger partial charge in [0.1, 0.15) is 0 Å². The van der Waals surface area contributed by atoms with Crippen LogP contribution in [0.3, 0.4) is 0 Å². The molecule has 1 amide bonds. The number of carbonyl (C=O) groups excluding carboxylic acids is 1. The molecule has 1 aliphatic carbocycles. The molecule has 0 aliphatic heterocycles. The van der Waals surface area contributed by atoms with E-state index in [-0.39, 0.29) is 12.5 Å². The van der Waals surface area contributed by atoms with Crippen LogP contribution < -0.4 is 5.32 Å². The summed E-state index contributed by atoms with van der Waals surface area (Å²) in [5.41, 5.74) is 0.170. The summed E-state index contributed by atoms with van der Waals surface area (Å²) in [5, 5.41) is 12.8. The molecule has 2 rings (SSSR count). The van der Waals surface area contributed by atoms with Crippen LogP contribution >= 0.6 is 11.6 Å². The van der Waals surface area contributed by atoms with Crippen molar-refractivity contribution in [1.29, 1.82) is 0 Å². The number of benzene rings is 1. The topological polar surface area (TPSA) is 66.4 Å². The zero-order valence-corrected chi connectivity index (χ0v) is 12.7. The van der Waals surface area contributed by atoms with Gasteiger partial charge in [0.25, 0.3) is 0 Å². The van der Waals surface area contributed by atoms with Gasteiger partial charge in [-0.1, -0.05) is 42.6 Å². The lowest BCUT2D eigenvalue weighted by Gasteiger charge is -2.23. The molecule has 21 heavy (non-hydrogen) atoms. The number of amides is 1. The summed E-state index contributed by atoms with van der Waals surface area (Å²) in [6.45, 7) is 0.226. The number of hydrogen-bond donors (Lipinski definition) is 2. The zero-order valence-electron chi connectivity index (χ0n) is 11.9. The largest absolute Gasteiger partial charge is 0.481 e. The molecule has 0 heterocycles. The number of rotatable bonds is 6. The number of carboxylic acids is 1. The van der Waals surface area contributed by atoms with Crippen molar-refractivity contribution in [1.82, 2.24) is 5.32 Å². The molecular weight excluding hydrogens is 290 g/mol. The lowest BCUT2D eigenvalue weighted by atomic mass is 9.86. The highest BCUT2D eigenvalue weighted by molar-refractivity contribution is 6.31. The van der Waals surface area contributed by atoms with Crippen molar-refractivity contribution < 1.29 is 14.7 Å². The van der Waals surface area contributed by atoms with Crippen molar-refractivity contribution in [3.63, 3.8) is 0 Å². The van der Waals surface area contributed by atoms with Crippen molar-refractivity contribution in [2.75, 3.05) is 6.54 Å². The first-order valence-corrected chi connectivity index (χ1v) is 7.65. The molecule has 1 fully saturated rings. The van der Waals surface area contributed by atoms with Crippen LogP contribution in [0.5, 0.6) is 0 Å². The van der Waals surface area contributed by atoms with E-state index in [0.29, 0.717) is 30.7 Å². The molecule has 1 aliphatic rings. The maximum atomic E-state index is 11.9. The number of hydrogen-bond acceptors (Lipinski definition) is 2. The molecule has 0 saturated heterocycles. The first-order chi connectivity index (χ1) is 10.0. The molecule has 1 aromatic carbocycles. The number of aryl methyl sites for hydroxylation is 1. The summed E-state index contributed by atoms with van der Waals surface area (Å²) in [5.74, 6) is -0.922. The van der Waals surface area contributed by atoms with Gasteiger partial charge in [0, 0.05) is 18.0 Å². The minimum absolute atomic E-state index is 0.123. The first-order valence-electron chi connectivity index (χ1n) is 7.27. The van der Waals surface area contributed by atoms with Crippen LogP contribution in [0, 0.1) is 5.41 Å². The fourth-order valence-corrected chi connectivity index (χ4v) is 3.05. The Bertz CT molecular complexity index is 524. The Morgan fingerprint density at radius 2 is 1.90 bits per heavy atom. The van der Waals surface area contributed by atoms with Crippen LogP contribution in [0.15, 0.2) is 24.3 Å². The van der Waals surface area contributed by atoms with Crippen LogP contribution in [0.4, 0.5) is 0 Å². The van der Waals surface area contributed by atoms with E-state index in [0.717, 1.165) is 18.4 Å². The molecule has 0 spiro atoms. The molecule has 0 radical (unpaired) electrons. The Balaban J connectivity index is 1.82. The van der Waals surface area contributed by atoms with E-state index in [1.165, 1.54) is 0 Å². The Labute approximate surface area is 129 Å². The lowest BCUT2D eigenvalue weighted by molar-refractivity contribution is -0.148. The van der Waals surface area contributed by atoms with Gasteiger partial charge < -0.3 is 10.4 Å². The molecule has 0 aromatic heterocycles. The predicted molar refractivity (Wildman–Crippen MR) is 81.3 cm³/mol. The molecule has 5 heteroatoms. The van der Waals surface area contributed by atoms with E-state index in [1.807, 2.05) is 18.2 Å². The summed E-state index contributed by atoms with van der Waals surface area (Å²) in [6, 6.07) is 7.43. The van der Waals surface area contributed by atoms with Gasteiger partial charge in [-0.2, -0.15) is 0 Å². The van der Waals surface area contributed by atoms with Gasteiger partial charge in [0.15, 0.2) is 0 Å². The fraction of sp³-hybridized carbons (Fsp3) is 0.500. The summed E-state index contributed by atoms with van der Waals surface area (Å²) in [4.78, 5) is 23.3. The minimum atomic E-state index is -0.800. The van der Waals surface area contributed by atoms with Crippen molar-refractivity contribution in [2.24, 2.45) is 5.41 Å². The highest BCUT2D eigenvalue weighted by Gasteiger charge is 2.41. The molecule has 0 atom stereocenters. The molecule has 114 valence electrons. The van der Waals surface area contributed by atoms with Gasteiger partial charge in [-0.3, -0.25) is 9.59 Å². The second-order valence-electron chi connectivity index (χ2n) is 5.66. The molecule has 1 aromatic rings. The standard InChI is InChI=1S/C16H20ClNO3/c17-13-6-2-1-5-12(13)7-8-14(19)18-11-16(15(20)21)9-3-4-10-16/h1-2,5-6H,3-4,7-11H2,(H,18,19)(H,20,21). The molecular formula is C16H20ClNO3. The maximum absolute atomic E-state index is 11.9. The van der Waals surface area contributed by atoms with Gasteiger partial charge in [-0.15, -0.1) is 0 Å². The SMILES string of the molecule is O=C(CCc1ccccc1Cl)NCC1(C(=O)O)CCCC1. The second kappa shape index (κ2) is 6.94. The van der Waals surface area contributed by atoms with Crippen LogP contribution in [-0.2, 0) is 16.0 Å². The predicted octanol–water partition coefficient (Wildman–Crippen LogP) is 3.03. The summed E-state index contributed by atoms with van der Waals surface area (Å²) < 4.78 is 0. The Hall–Kier alpha value is -1.55. The first kappa shape index (κ1) is 15.8. The number of carboxylic acid groups (broad SMARTS) is 1. The van der Waals surface area contributed by atoms with Crippen LogP contribution in [0.25, 0.3) is 0 Å². The van der Waals surface area contributed by atoms with Crippen LogP contribution in [-0.4, -0.2) is 23.5 Å². The highest BCUT2D eigenvalue weighted by atomic mass is 35.5. The number of nitrogens with one attached hydrogen (secondary N) is 1. The molecule has 0 bridgehead atoms. The summed E-state index contributed by atoms with van der Waals surface area (Å²) >= 11 is 6.04. The van der Waals surface area contributed by atoms with Crippen molar-refractivity contribution >= 4 is 23.5 Å². The van der Waals surface area contributed by atoms with Crippen LogP contribution in [0.2, 0.25) is 5.02 Å². The van der Waals surface area contributed by atoms with E-state index < -0.39 is 11.4 Å². The van der Waals surface area contributed by atoms with Crippen molar-refractivity contribution in [3.05, 3.63) is 34.9 Å². The average Bonchev–Trinajstić information content (AvgIpc) is 2.94. The third-order valence-corrected chi connectivity index (χ3v) is 4.59. The van der Waals surface area contributed by atoms with E-state index in [9.17, 15) is 14.7 Å². The lowest BCUT2D eigenvalue weighted by Crippen LogP contribution is -2.41. The molecule has 4 nitrogen and oxygen atoms in total. The van der Waals surface area contributed by atoms with Crippen molar-refractivity contribution in [2.45, 2.75) is 38.5 Å². The monoisotopic (exact) mass is 309 g/mol. The van der Waals surface area contributed by atoms with Gasteiger partial charge >= 0.3 is 5.97 Å². The molecule has 1 saturated carbocycles. The minimum Gasteiger partial charge on any atom is -0.481 e. The van der Waals surface area contributed by atoms with Gasteiger partial charge in [0.2, 0.25) is 5.91 Å². The van der Waals surface area contributed by atoms with E-state index in [1.54, 1.807) is 6.07 Å².